The van der Waals surface area contributed by atoms with Gasteiger partial charge in [0.25, 0.3) is 0 Å². The van der Waals surface area contributed by atoms with Crippen molar-refractivity contribution in [1.82, 2.24) is 19.8 Å². The molecule has 230 valence electrons. The number of alkyl halides is 4. The van der Waals surface area contributed by atoms with Crippen molar-refractivity contribution in [2.75, 3.05) is 37.7 Å². The number of benzene rings is 1. The molecule has 2 unspecified atom stereocenters. The lowest BCUT2D eigenvalue weighted by Gasteiger charge is -2.42. The van der Waals surface area contributed by atoms with Crippen molar-refractivity contribution in [2.45, 2.75) is 95.4 Å². The van der Waals surface area contributed by atoms with Gasteiger partial charge in [-0.1, -0.05) is 0 Å². The van der Waals surface area contributed by atoms with Crippen LogP contribution in [0.2, 0.25) is 0 Å². The smallest absolute Gasteiger partial charge is 0.417 e. The first-order chi connectivity index (χ1) is 19.6. The Kier molecular flexibility index (Phi) is 7.31. The van der Waals surface area contributed by atoms with Gasteiger partial charge in [0, 0.05) is 35.9 Å². The van der Waals surface area contributed by atoms with E-state index in [-0.39, 0.29) is 40.7 Å². The zero-order valence-corrected chi connectivity index (χ0v) is 25.8. The number of nitrogens with zero attached hydrogens (tertiary/aromatic N) is 5. The molecule has 0 N–H and O–H groups in total. The first kappa shape index (κ1) is 29.7. The lowest BCUT2D eigenvalue weighted by atomic mass is 9.95. The Balaban J connectivity index is 1.37. The second kappa shape index (κ2) is 10.3. The molecule has 2 aromatic rings. The molecule has 4 fully saturated rings. The number of rotatable bonds is 4. The summed E-state index contributed by atoms with van der Waals surface area (Å²) in [6.45, 7) is 9.22. The van der Waals surface area contributed by atoms with Crippen LogP contribution in [-0.2, 0) is 10.9 Å². The van der Waals surface area contributed by atoms with E-state index >= 15 is 0 Å². The second-order valence-corrected chi connectivity index (χ2v) is 13.9. The summed E-state index contributed by atoms with van der Waals surface area (Å²) in [7, 11) is 0. The van der Waals surface area contributed by atoms with E-state index in [0.29, 0.717) is 43.0 Å². The topological polar surface area (TPSA) is 71.0 Å². The molecule has 0 saturated carbocycles. The third-order valence-corrected chi connectivity index (χ3v) is 10.1. The fraction of sp³-hybridized carbons (Fsp3) is 0.690. The molecule has 5 heterocycles. The van der Waals surface area contributed by atoms with E-state index in [0.717, 1.165) is 38.3 Å². The van der Waals surface area contributed by atoms with Gasteiger partial charge in [0.2, 0.25) is 0 Å². The molecule has 42 heavy (non-hydrogen) atoms. The standard InChI is InChI=1S/C29H36BrF4N5O3/c1-16-22(30)21(29(32,33)34)10-20-23(16)35-25(41-15-28-8-5-9-38(28)12-17(31)11-28)36-24(20)37-13-18-6-7-19(14-37)39(18)26(40)42-27(2,3)4/h10,17-19H,5-9,11-15H2,1-4H3/t17-,18?,19?,28+/m1/s1. The van der Waals surface area contributed by atoms with Crippen LogP contribution >= 0.6 is 15.9 Å². The largest absolute Gasteiger partial charge is 0.461 e. The van der Waals surface area contributed by atoms with E-state index in [1.54, 1.807) is 11.8 Å². The number of hydrogen-bond donors (Lipinski definition) is 0. The number of anilines is 1. The minimum absolute atomic E-state index is 0.0534. The highest BCUT2D eigenvalue weighted by molar-refractivity contribution is 9.10. The van der Waals surface area contributed by atoms with Crippen LogP contribution in [-0.4, -0.2) is 88.0 Å². The molecule has 4 atom stereocenters. The zero-order chi connectivity index (χ0) is 30.2. The molecule has 0 radical (unpaired) electrons. The Morgan fingerprint density at radius 1 is 1.14 bits per heavy atom. The van der Waals surface area contributed by atoms with E-state index in [9.17, 15) is 22.4 Å². The summed E-state index contributed by atoms with van der Waals surface area (Å²) >= 11 is 3.15. The van der Waals surface area contributed by atoms with Crippen LogP contribution in [0.3, 0.4) is 0 Å². The number of fused-ring (bicyclic) bond motifs is 4. The maximum absolute atomic E-state index is 14.4. The summed E-state index contributed by atoms with van der Waals surface area (Å²) < 4.78 is 68.3. The lowest BCUT2D eigenvalue weighted by molar-refractivity contribution is -0.138. The highest BCUT2D eigenvalue weighted by Crippen LogP contribution is 2.44. The Bertz CT molecular complexity index is 1390. The van der Waals surface area contributed by atoms with Gasteiger partial charge in [-0.2, -0.15) is 23.1 Å². The molecule has 4 aliphatic rings. The molecule has 0 aliphatic carbocycles. The normalized spacial score (nSPS) is 28.1. The molecular formula is C29H36BrF4N5O3. The fourth-order valence-corrected chi connectivity index (χ4v) is 7.75. The van der Waals surface area contributed by atoms with Crippen LogP contribution < -0.4 is 9.64 Å². The van der Waals surface area contributed by atoms with Gasteiger partial charge in [0.1, 0.15) is 24.2 Å². The van der Waals surface area contributed by atoms with Crippen LogP contribution in [0.5, 0.6) is 6.01 Å². The number of aromatic nitrogens is 2. The van der Waals surface area contributed by atoms with Crippen LogP contribution in [0.25, 0.3) is 10.9 Å². The Morgan fingerprint density at radius 3 is 2.48 bits per heavy atom. The van der Waals surface area contributed by atoms with Crippen molar-refractivity contribution >= 4 is 38.7 Å². The van der Waals surface area contributed by atoms with Crippen LogP contribution in [0, 0.1) is 6.92 Å². The number of piperazine rings is 1. The van der Waals surface area contributed by atoms with Gasteiger partial charge >= 0.3 is 18.3 Å². The van der Waals surface area contributed by atoms with Gasteiger partial charge in [-0.05, 0) is 87.5 Å². The monoisotopic (exact) mass is 657 g/mol. The predicted molar refractivity (Wildman–Crippen MR) is 153 cm³/mol. The highest BCUT2D eigenvalue weighted by atomic mass is 79.9. The molecule has 8 nitrogen and oxygen atoms in total. The molecule has 13 heteroatoms. The summed E-state index contributed by atoms with van der Waals surface area (Å²) in [5.74, 6) is 0.340. The van der Waals surface area contributed by atoms with Crippen LogP contribution in [0.4, 0.5) is 28.2 Å². The van der Waals surface area contributed by atoms with E-state index in [2.05, 4.69) is 25.8 Å². The molecule has 0 spiro atoms. The summed E-state index contributed by atoms with van der Waals surface area (Å²) in [5, 5.41) is 0.269. The number of hydrogen-bond acceptors (Lipinski definition) is 7. The predicted octanol–water partition coefficient (Wildman–Crippen LogP) is 6.26. The SMILES string of the molecule is Cc1c(Br)c(C(F)(F)F)cc2c(N3CC4CCC(C3)N4C(=O)OC(C)(C)C)nc(OC[C@@]34CCCN3C[C@H](F)C4)nc12. The van der Waals surface area contributed by atoms with Crippen molar-refractivity contribution in [3.05, 3.63) is 21.7 Å². The maximum Gasteiger partial charge on any atom is 0.417 e. The average Bonchev–Trinajstić information content (AvgIpc) is 3.50. The molecule has 1 amide bonds. The van der Waals surface area contributed by atoms with Gasteiger partial charge in [-0.3, -0.25) is 9.80 Å². The first-order valence-electron chi connectivity index (χ1n) is 14.5. The van der Waals surface area contributed by atoms with E-state index in [1.165, 1.54) is 0 Å². The number of carbonyl (C=O) groups excluding carboxylic acids is 1. The van der Waals surface area contributed by atoms with Gasteiger partial charge < -0.3 is 14.4 Å². The third kappa shape index (κ3) is 5.28. The van der Waals surface area contributed by atoms with E-state index in [1.807, 2.05) is 25.7 Å². The number of amides is 1. The van der Waals surface area contributed by atoms with Crippen LogP contribution in [0.15, 0.2) is 10.5 Å². The summed E-state index contributed by atoms with van der Waals surface area (Å²) in [5.41, 5.74) is -1.19. The van der Waals surface area contributed by atoms with Crippen molar-refractivity contribution in [3.8, 4) is 6.01 Å². The van der Waals surface area contributed by atoms with Gasteiger partial charge in [0.05, 0.1) is 28.7 Å². The van der Waals surface area contributed by atoms with Gasteiger partial charge in [-0.15, -0.1) is 0 Å². The van der Waals surface area contributed by atoms with Gasteiger partial charge in [-0.25, -0.2) is 9.18 Å². The summed E-state index contributed by atoms with van der Waals surface area (Å²) in [6, 6.07) is 0.809. The molecule has 6 rings (SSSR count). The fourth-order valence-electron chi connectivity index (χ4n) is 7.22. The minimum atomic E-state index is -4.59. The molecule has 4 aliphatic heterocycles. The second-order valence-electron chi connectivity index (χ2n) is 13.1. The molecular weight excluding hydrogens is 622 g/mol. The van der Waals surface area contributed by atoms with E-state index in [4.69, 9.17) is 14.5 Å². The number of aryl methyl sites for hydroxylation is 1. The number of halogens is 5. The third-order valence-electron chi connectivity index (χ3n) is 9.04. The summed E-state index contributed by atoms with van der Waals surface area (Å²) in [4.78, 5) is 28.2. The van der Waals surface area contributed by atoms with Crippen molar-refractivity contribution in [3.63, 3.8) is 0 Å². The molecule has 1 aromatic carbocycles. The minimum Gasteiger partial charge on any atom is -0.461 e. The Hall–Kier alpha value is -2.41. The molecule has 4 saturated heterocycles. The summed E-state index contributed by atoms with van der Waals surface area (Å²) in [6.07, 6.45) is -2.23. The molecule has 2 bridgehead atoms. The first-order valence-corrected chi connectivity index (χ1v) is 15.3. The van der Waals surface area contributed by atoms with Crippen molar-refractivity contribution in [2.24, 2.45) is 0 Å². The number of carbonyl (C=O) groups is 1. The van der Waals surface area contributed by atoms with Crippen molar-refractivity contribution < 1.29 is 31.8 Å². The highest BCUT2D eigenvalue weighted by Gasteiger charge is 2.50. The maximum atomic E-state index is 14.4. The number of ether oxygens (including phenoxy) is 2. The average molecular weight is 659 g/mol. The Labute approximate surface area is 250 Å². The Morgan fingerprint density at radius 2 is 1.83 bits per heavy atom. The van der Waals surface area contributed by atoms with E-state index < -0.39 is 29.1 Å². The molecule has 1 aromatic heterocycles. The lowest BCUT2D eigenvalue weighted by Crippen LogP contribution is -2.57. The van der Waals surface area contributed by atoms with Crippen LogP contribution in [0.1, 0.15) is 64.0 Å². The van der Waals surface area contributed by atoms with Crippen molar-refractivity contribution in [1.29, 1.82) is 0 Å². The zero-order valence-electron chi connectivity index (χ0n) is 24.2. The quantitative estimate of drug-likeness (QED) is 0.359. The van der Waals surface area contributed by atoms with Gasteiger partial charge in [0.15, 0.2) is 0 Å².